The van der Waals surface area contributed by atoms with E-state index in [1.165, 1.54) is 5.56 Å². The summed E-state index contributed by atoms with van der Waals surface area (Å²) in [4.78, 5) is 12.2. The molecule has 3 rings (SSSR count). The van der Waals surface area contributed by atoms with Crippen LogP contribution in [-0.2, 0) is 6.42 Å². The van der Waals surface area contributed by atoms with Crippen molar-refractivity contribution in [2.24, 2.45) is 0 Å². The predicted molar refractivity (Wildman–Crippen MR) is 77.7 cm³/mol. The minimum absolute atomic E-state index is 0.170. The molecule has 4 nitrogen and oxygen atoms in total. The van der Waals surface area contributed by atoms with Gasteiger partial charge in [-0.15, -0.1) is 0 Å². The molecule has 1 amide bonds. The molecule has 1 aliphatic rings. The van der Waals surface area contributed by atoms with E-state index >= 15 is 0 Å². The van der Waals surface area contributed by atoms with Gasteiger partial charge in [0.05, 0.1) is 11.6 Å². The predicted octanol–water partition coefficient (Wildman–Crippen LogP) is 2.78. The molecule has 2 N–H and O–H groups in total. The molecule has 0 saturated heterocycles. The van der Waals surface area contributed by atoms with Crippen LogP contribution in [0.2, 0.25) is 0 Å². The molecule has 98 valence electrons. The van der Waals surface area contributed by atoms with Crippen LogP contribution in [0.4, 0.5) is 11.4 Å². The molecule has 1 heterocycles. The molecule has 1 aliphatic heterocycles. The van der Waals surface area contributed by atoms with Gasteiger partial charge < -0.3 is 10.6 Å². The van der Waals surface area contributed by atoms with Gasteiger partial charge in [0, 0.05) is 23.5 Å². The van der Waals surface area contributed by atoms with Crippen LogP contribution in [-0.4, -0.2) is 12.5 Å². The zero-order valence-corrected chi connectivity index (χ0v) is 10.8. The van der Waals surface area contributed by atoms with Crippen molar-refractivity contribution in [1.29, 1.82) is 5.26 Å². The molecule has 0 fully saturated rings. The normalized spacial score (nSPS) is 12.2. The Labute approximate surface area is 117 Å². The molecule has 2 aromatic carbocycles. The van der Waals surface area contributed by atoms with Crippen molar-refractivity contribution in [1.82, 2.24) is 0 Å². The molecule has 2 aromatic rings. The number of benzene rings is 2. The Kier molecular flexibility index (Phi) is 3.10. The first-order valence-corrected chi connectivity index (χ1v) is 6.44. The quantitative estimate of drug-likeness (QED) is 0.875. The third kappa shape index (κ3) is 2.34. The number of carbonyl (C=O) groups excluding carboxylic acids is 1. The number of anilines is 2. The first kappa shape index (κ1) is 12.2. The van der Waals surface area contributed by atoms with Crippen LogP contribution in [0.3, 0.4) is 0 Å². The zero-order valence-electron chi connectivity index (χ0n) is 10.8. The second-order valence-corrected chi connectivity index (χ2v) is 4.70. The van der Waals surface area contributed by atoms with Gasteiger partial charge in [0.25, 0.3) is 5.91 Å². The highest BCUT2D eigenvalue weighted by Gasteiger charge is 2.13. The third-order valence-corrected chi connectivity index (χ3v) is 3.33. The third-order valence-electron chi connectivity index (χ3n) is 3.33. The Morgan fingerprint density at radius 2 is 2.15 bits per heavy atom. The van der Waals surface area contributed by atoms with Crippen molar-refractivity contribution in [3.8, 4) is 6.07 Å². The largest absolute Gasteiger partial charge is 0.384 e. The second-order valence-electron chi connectivity index (χ2n) is 4.70. The summed E-state index contributed by atoms with van der Waals surface area (Å²) in [6, 6.07) is 14.6. The summed E-state index contributed by atoms with van der Waals surface area (Å²) in [6.07, 6.45) is 1.00. The number of nitrogens with one attached hydrogen (secondary N) is 2. The van der Waals surface area contributed by atoms with Gasteiger partial charge >= 0.3 is 0 Å². The maximum absolute atomic E-state index is 12.2. The fourth-order valence-electron chi connectivity index (χ4n) is 2.30. The van der Waals surface area contributed by atoms with E-state index in [1.54, 1.807) is 24.3 Å². The summed E-state index contributed by atoms with van der Waals surface area (Å²) in [5.74, 6) is -0.170. The van der Waals surface area contributed by atoms with Crippen molar-refractivity contribution in [2.45, 2.75) is 6.42 Å². The van der Waals surface area contributed by atoms with Crippen molar-refractivity contribution in [3.63, 3.8) is 0 Å². The van der Waals surface area contributed by atoms with Gasteiger partial charge in [-0.25, -0.2) is 0 Å². The SMILES string of the molecule is N#Cc1cccc(NC(=O)c2ccc3c(c2)NCC3)c1. The lowest BCUT2D eigenvalue weighted by Crippen LogP contribution is -2.12. The maximum Gasteiger partial charge on any atom is 0.255 e. The summed E-state index contributed by atoms with van der Waals surface area (Å²) in [6.45, 7) is 0.921. The first-order chi connectivity index (χ1) is 9.76. The van der Waals surface area contributed by atoms with Gasteiger partial charge in [0.15, 0.2) is 0 Å². The van der Waals surface area contributed by atoms with Crippen LogP contribution >= 0.6 is 0 Å². The molecule has 0 bridgehead atoms. The number of hydrogen-bond donors (Lipinski definition) is 2. The molecule has 20 heavy (non-hydrogen) atoms. The van der Waals surface area contributed by atoms with E-state index in [4.69, 9.17) is 5.26 Å². The number of amides is 1. The molecule has 0 atom stereocenters. The Balaban J connectivity index is 1.81. The summed E-state index contributed by atoms with van der Waals surface area (Å²) >= 11 is 0. The first-order valence-electron chi connectivity index (χ1n) is 6.44. The van der Waals surface area contributed by atoms with Crippen LogP contribution < -0.4 is 10.6 Å². The lowest BCUT2D eigenvalue weighted by atomic mass is 10.1. The number of hydrogen-bond acceptors (Lipinski definition) is 3. The van der Waals surface area contributed by atoms with E-state index in [0.717, 1.165) is 18.7 Å². The van der Waals surface area contributed by atoms with Gasteiger partial charge in [-0.2, -0.15) is 5.26 Å². The van der Waals surface area contributed by atoms with Gasteiger partial charge in [0.2, 0.25) is 0 Å². The smallest absolute Gasteiger partial charge is 0.255 e. The summed E-state index contributed by atoms with van der Waals surface area (Å²) in [5.41, 5.74) is 4.04. The van der Waals surface area contributed by atoms with Gasteiger partial charge in [-0.1, -0.05) is 12.1 Å². The van der Waals surface area contributed by atoms with Crippen LogP contribution in [0.5, 0.6) is 0 Å². The summed E-state index contributed by atoms with van der Waals surface area (Å²) in [5, 5.41) is 14.9. The van der Waals surface area contributed by atoms with Crippen molar-refractivity contribution in [3.05, 3.63) is 59.2 Å². The Bertz CT molecular complexity index is 716. The van der Waals surface area contributed by atoms with E-state index in [9.17, 15) is 4.79 Å². The average Bonchev–Trinajstić information content (AvgIpc) is 2.94. The van der Waals surface area contributed by atoms with Crippen LogP contribution in [0.1, 0.15) is 21.5 Å². The second kappa shape index (κ2) is 5.06. The van der Waals surface area contributed by atoms with Crippen molar-refractivity contribution in [2.75, 3.05) is 17.2 Å². The minimum atomic E-state index is -0.170. The molecule has 0 unspecified atom stereocenters. The van der Waals surface area contributed by atoms with E-state index in [1.807, 2.05) is 18.2 Å². The number of nitrogens with zero attached hydrogens (tertiary/aromatic N) is 1. The Hall–Kier alpha value is -2.80. The molecule has 4 heteroatoms. The molecule has 0 saturated carbocycles. The van der Waals surface area contributed by atoms with Crippen LogP contribution in [0.15, 0.2) is 42.5 Å². The lowest BCUT2D eigenvalue weighted by molar-refractivity contribution is 0.102. The van der Waals surface area contributed by atoms with E-state index in [0.29, 0.717) is 16.8 Å². The summed E-state index contributed by atoms with van der Waals surface area (Å²) in [7, 11) is 0. The van der Waals surface area contributed by atoms with Crippen LogP contribution in [0.25, 0.3) is 0 Å². The number of fused-ring (bicyclic) bond motifs is 1. The maximum atomic E-state index is 12.2. The highest BCUT2D eigenvalue weighted by Crippen LogP contribution is 2.23. The lowest BCUT2D eigenvalue weighted by Gasteiger charge is -2.07. The number of rotatable bonds is 2. The Morgan fingerprint density at radius 1 is 1.25 bits per heavy atom. The highest BCUT2D eigenvalue weighted by atomic mass is 16.1. The van der Waals surface area contributed by atoms with E-state index in [2.05, 4.69) is 16.7 Å². The molecule has 0 aliphatic carbocycles. The standard InChI is InChI=1S/C16H13N3O/c17-10-11-2-1-3-14(8-11)19-16(20)13-5-4-12-6-7-18-15(12)9-13/h1-5,8-9,18H,6-7H2,(H,19,20). The zero-order chi connectivity index (χ0) is 13.9. The van der Waals surface area contributed by atoms with Crippen LogP contribution in [0, 0.1) is 11.3 Å². The molecular formula is C16H13N3O. The highest BCUT2D eigenvalue weighted by molar-refractivity contribution is 6.05. The van der Waals surface area contributed by atoms with E-state index in [-0.39, 0.29) is 5.91 Å². The van der Waals surface area contributed by atoms with Crippen molar-refractivity contribution < 1.29 is 4.79 Å². The van der Waals surface area contributed by atoms with Gasteiger partial charge in [-0.3, -0.25) is 4.79 Å². The van der Waals surface area contributed by atoms with E-state index < -0.39 is 0 Å². The Morgan fingerprint density at radius 3 is 3.00 bits per heavy atom. The monoisotopic (exact) mass is 263 g/mol. The minimum Gasteiger partial charge on any atom is -0.384 e. The molecule has 0 aromatic heterocycles. The van der Waals surface area contributed by atoms with Crippen molar-refractivity contribution >= 4 is 17.3 Å². The topological polar surface area (TPSA) is 64.9 Å². The molecular weight excluding hydrogens is 250 g/mol. The summed E-state index contributed by atoms with van der Waals surface area (Å²) < 4.78 is 0. The van der Waals surface area contributed by atoms with Gasteiger partial charge in [0.1, 0.15) is 0 Å². The number of carbonyl (C=O) groups is 1. The fourth-order valence-corrected chi connectivity index (χ4v) is 2.30. The number of nitriles is 1. The molecule has 0 radical (unpaired) electrons. The average molecular weight is 263 g/mol. The molecule has 0 spiro atoms. The van der Waals surface area contributed by atoms with Gasteiger partial charge in [-0.05, 0) is 42.3 Å². The fraction of sp³-hybridized carbons (Fsp3) is 0.125.